The molecule has 1 aliphatic heterocycles. The van der Waals surface area contributed by atoms with E-state index in [1.54, 1.807) is 0 Å². The Morgan fingerprint density at radius 1 is 1.88 bits per heavy atom. The van der Waals surface area contributed by atoms with E-state index >= 15 is 0 Å². The number of hydrogen-bond donors (Lipinski definition) is 2. The van der Waals surface area contributed by atoms with Gasteiger partial charge in [0.15, 0.2) is 4.38 Å². The van der Waals surface area contributed by atoms with Crippen molar-refractivity contribution < 1.29 is 0 Å². The van der Waals surface area contributed by atoms with E-state index < -0.39 is 0 Å². The van der Waals surface area contributed by atoms with E-state index in [-0.39, 0.29) is 0 Å². The summed E-state index contributed by atoms with van der Waals surface area (Å²) in [5.74, 6) is 0. The number of rotatable bonds is 0. The van der Waals surface area contributed by atoms with E-state index in [1.165, 1.54) is 11.8 Å². The van der Waals surface area contributed by atoms with Crippen molar-refractivity contribution in [1.82, 2.24) is 5.43 Å². The van der Waals surface area contributed by atoms with Crippen molar-refractivity contribution in [3.63, 3.8) is 0 Å². The summed E-state index contributed by atoms with van der Waals surface area (Å²) < 4.78 is 0.760. The Morgan fingerprint density at radius 3 is 3.00 bits per heavy atom. The second kappa shape index (κ2) is 2.46. The number of thiol groups is 1. The molecule has 0 saturated carbocycles. The molecule has 0 saturated heterocycles. The molecule has 0 aromatic heterocycles. The second-order valence-corrected chi connectivity index (χ2v) is 3.01. The predicted octanol–water partition coefficient (Wildman–Crippen LogP) is 1.38. The van der Waals surface area contributed by atoms with Crippen LogP contribution < -0.4 is 5.43 Å². The number of hydrogen-bond acceptors (Lipinski definition) is 3. The molecule has 1 aliphatic rings. The second-order valence-electron chi connectivity index (χ2n) is 1.42. The van der Waals surface area contributed by atoms with Crippen molar-refractivity contribution in [2.45, 2.75) is 6.92 Å². The molecule has 0 unspecified atom stereocenters. The largest absolute Gasteiger partial charge is 0.281 e. The van der Waals surface area contributed by atoms with Gasteiger partial charge in [-0.15, -0.1) is 12.6 Å². The highest BCUT2D eigenvalue weighted by atomic mass is 32.2. The lowest BCUT2D eigenvalue weighted by Crippen LogP contribution is -2.06. The summed E-state index contributed by atoms with van der Waals surface area (Å²) in [7, 11) is 0. The van der Waals surface area contributed by atoms with Gasteiger partial charge in [-0.2, -0.15) is 5.10 Å². The number of thioether (sulfide) groups is 1. The van der Waals surface area contributed by atoms with Crippen molar-refractivity contribution in [3.8, 4) is 0 Å². The average molecular weight is 146 g/mol. The number of allylic oxidation sites excluding steroid dienone is 1. The molecule has 0 amide bonds. The third-order valence-electron chi connectivity index (χ3n) is 0.669. The first kappa shape index (κ1) is 6.04. The first-order chi connectivity index (χ1) is 3.79. The fraction of sp³-hybridized carbons (Fsp3) is 0.250. The van der Waals surface area contributed by atoms with E-state index in [0.29, 0.717) is 0 Å². The highest BCUT2D eigenvalue weighted by molar-refractivity contribution is 8.33. The van der Waals surface area contributed by atoms with Crippen molar-refractivity contribution >= 4 is 28.8 Å². The quantitative estimate of drug-likeness (QED) is 0.505. The molecule has 1 heterocycles. The van der Waals surface area contributed by atoms with Crippen molar-refractivity contribution in [3.05, 3.63) is 11.1 Å². The minimum absolute atomic E-state index is 0.760. The topological polar surface area (TPSA) is 24.4 Å². The van der Waals surface area contributed by atoms with Crippen LogP contribution in [0.3, 0.4) is 0 Å². The molecule has 2 nitrogen and oxygen atoms in total. The Bertz CT molecular complexity index is 132. The maximum Gasteiger partial charge on any atom is 0.151 e. The smallest absolute Gasteiger partial charge is 0.151 e. The zero-order valence-electron chi connectivity index (χ0n) is 4.38. The zero-order valence-corrected chi connectivity index (χ0v) is 6.09. The van der Waals surface area contributed by atoms with E-state index in [2.05, 4.69) is 23.2 Å². The van der Waals surface area contributed by atoms with Crippen molar-refractivity contribution in [1.29, 1.82) is 0 Å². The van der Waals surface area contributed by atoms with Crippen LogP contribution in [0.25, 0.3) is 0 Å². The fourth-order valence-corrected chi connectivity index (χ4v) is 0.971. The van der Waals surface area contributed by atoms with Crippen LogP contribution in [0, 0.1) is 0 Å². The normalized spacial score (nSPS) is 18.8. The van der Waals surface area contributed by atoms with Gasteiger partial charge in [0.25, 0.3) is 0 Å². The lowest BCUT2D eigenvalue weighted by molar-refractivity contribution is 0.896. The standard InChI is InChI=1S/C4H6N2S2/c1-3-2-8-4(7)6-5-3/h2,5H,1H3,(H,6,7). The molecule has 0 bridgehead atoms. The van der Waals surface area contributed by atoms with Gasteiger partial charge in [0.05, 0.1) is 0 Å². The molecule has 0 spiro atoms. The van der Waals surface area contributed by atoms with Crippen LogP contribution in [0.4, 0.5) is 0 Å². The van der Waals surface area contributed by atoms with Gasteiger partial charge >= 0.3 is 0 Å². The Balaban J connectivity index is 2.54. The highest BCUT2D eigenvalue weighted by Gasteiger charge is 1.96. The van der Waals surface area contributed by atoms with Crippen molar-refractivity contribution in [2.24, 2.45) is 5.10 Å². The van der Waals surface area contributed by atoms with Crippen molar-refractivity contribution in [2.75, 3.05) is 0 Å². The lowest BCUT2D eigenvalue weighted by Gasteiger charge is -2.05. The molecule has 0 aliphatic carbocycles. The first-order valence-corrected chi connectivity index (χ1v) is 3.48. The molecule has 1 N–H and O–H groups in total. The summed E-state index contributed by atoms with van der Waals surface area (Å²) in [4.78, 5) is 0. The van der Waals surface area contributed by atoms with Gasteiger partial charge in [-0.1, -0.05) is 11.8 Å². The average Bonchev–Trinajstić information content (AvgIpc) is 1.77. The monoisotopic (exact) mass is 146 g/mol. The molecular weight excluding hydrogens is 140 g/mol. The molecule has 0 aromatic carbocycles. The van der Waals surface area contributed by atoms with E-state index in [1.807, 2.05) is 12.3 Å². The summed E-state index contributed by atoms with van der Waals surface area (Å²) >= 11 is 5.52. The molecule has 0 radical (unpaired) electrons. The molecule has 44 valence electrons. The lowest BCUT2D eigenvalue weighted by atomic mass is 10.6. The molecular formula is C4H6N2S2. The zero-order chi connectivity index (χ0) is 5.98. The minimum atomic E-state index is 0.760. The number of nitrogens with one attached hydrogen (secondary N) is 1. The molecule has 1 rings (SSSR count). The van der Waals surface area contributed by atoms with E-state index in [9.17, 15) is 0 Å². The third-order valence-corrected chi connectivity index (χ3v) is 1.86. The fourth-order valence-electron chi connectivity index (χ4n) is 0.330. The number of nitrogens with zero attached hydrogens (tertiary/aromatic N) is 1. The van der Waals surface area contributed by atoms with Crippen LogP contribution in [0.5, 0.6) is 0 Å². The van der Waals surface area contributed by atoms with Gasteiger partial charge in [-0.05, 0) is 12.3 Å². The Morgan fingerprint density at radius 2 is 2.62 bits per heavy atom. The van der Waals surface area contributed by atoms with Crippen LogP contribution in [-0.4, -0.2) is 4.38 Å². The van der Waals surface area contributed by atoms with Gasteiger partial charge in [-0.3, -0.25) is 5.43 Å². The van der Waals surface area contributed by atoms with Crippen LogP contribution in [0.2, 0.25) is 0 Å². The summed E-state index contributed by atoms with van der Waals surface area (Å²) in [5, 5.41) is 5.80. The Labute approximate surface area is 57.8 Å². The molecule has 4 heteroatoms. The third kappa shape index (κ3) is 1.45. The summed E-state index contributed by atoms with van der Waals surface area (Å²) in [6.45, 7) is 1.96. The van der Waals surface area contributed by atoms with Gasteiger partial charge in [0, 0.05) is 5.70 Å². The maximum atomic E-state index is 4.01. The molecule has 0 atom stereocenters. The van der Waals surface area contributed by atoms with Gasteiger partial charge in [0.2, 0.25) is 0 Å². The Hall–Kier alpha value is -0.0900. The predicted molar refractivity (Wildman–Crippen MR) is 40.9 cm³/mol. The van der Waals surface area contributed by atoms with Crippen LogP contribution in [0.15, 0.2) is 16.2 Å². The van der Waals surface area contributed by atoms with Crippen LogP contribution in [0.1, 0.15) is 6.92 Å². The van der Waals surface area contributed by atoms with E-state index in [4.69, 9.17) is 0 Å². The summed E-state index contributed by atoms with van der Waals surface area (Å²) in [5.41, 5.74) is 3.85. The van der Waals surface area contributed by atoms with Crippen LogP contribution in [-0.2, 0) is 0 Å². The molecule has 8 heavy (non-hydrogen) atoms. The SMILES string of the molecule is CC1=CSC(S)=NN1. The van der Waals surface area contributed by atoms with Gasteiger partial charge in [-0.25, -0.2) is 0 Å². The number of hydrazone groups is 1. The Kier molecular flexibility index (Phi) is 1.85. The molecule has 0 aromatic rings. The highest BCUT2D eigenvalue weighted by Crippen LogP contribution is 2.14. The van der Waals surface area contributed by atoms with Gasteiger partial charge < -0.3 is 0 Å². The van der Waals surface area contributed by atoms with Crippen LogP contribution >= 0.6 is 24.4 Å². The summed E-state index contributed by atoms with van der Waals surface area (Å²) in [6.07, 6.45) is 0. The van der Waals surface area contributed by atoms with E-state index in [0.717, 1.165) is 10.1 Å². The van der Waals surface area contributed by atoms with Gasteiger partial charge in [0.1, 0.15) is 0 Å². The molecule has 0 fully saturated rings. The summed E-state index contributed by atoms with van der Waals surface area (Å²) in [6, 6.07) is 0. The minimum Gasteiger partial charge on any atom is -0.281 e. The maximum absolute atomic E-state index is 4.01. The first-order valence-electron chi connectivity index (χ1n) is 2.15.